The van der Waals surface area contributed by atoms with Gasteiger partial charge in [0.15, 0.2) is 0 Å². The molecule has 1 aliphatic carbocycles. The maximum Gasteiger partial charge on any atom is 0.226 e. The number of hydrogen-bond donors (Lipinski definition) is 1. The van der Waals surface area contributed by atoms with Crippen LogP contribution in [-0.4, -0.2) is 34.8 Å². The zero-order valence-corrected chi connectivity index (χ0v) is 14.0. The summed E-state index contributed by atoms with van der Waals surface area (Å²) in [5.74, 6) is 0.517. The molecule has 0 spiro atoms. The highest BCUT2D eigenvalue weighted by Gasteiger charge is 2.30. The van der Waals surface area contributed by atoms with E-state index in [2.05, 4.69) is 22.5 Å². The average molecular weight is 327 g/mol. The first-order valence-corrected chi connectivity index (χ1v) is 8.84. The van der Waals surface area contributed by atoms with E-state index in [9.17, 15) is 9.59 Å². The molecule has 0 saturated carbocycles. The highest BCUT2D eigenvalue weighted by atomic mass is 16.2. The molecule has 3 rings (SSSR count). The first-order chi connectivity index (χ1) is 11.7. The number of pyridine rings is 1. The molecule has 1 saturated heterocycles. The molecule has 1 aliphatic heterocycles. The van der Waals surface area contributed by atoms with Gasteiger partial charge in [0.25, 0.3) is 0 Å². The van der Waals surface area contributed by atoms with E-state index >= 15 is 0 Å². The smallest absolute Gasteiger partial charge is 0.226 e. The van der Waals surface area contributed by atoms with Crippen molar-refractivity contribution in [2.45, 2.75) is 38.6 Å². The van der Waals surface area contributed by atoms with Crippen molar-refractivity contribution in [1.29, 1.82) is 0 Å². The third-order valence-corrected chi connectivity index (χ3v) is 4.99. The van der Waals surface area contributed by atoms with Crippen LogP contribution < -0.4 is 5.32 Å². The maximum atomic E-state index is 12.5. The van der Waals surface area contributed by atoms with Crippen molar-refractivity contribution < 1.29 is 9.59 Å². The Bertz CT molecular complexity index is 592. The first-order valence-electron chi connectivity index (χ1n) is 8.84. The predicted molar refractivity (Wildman–Crippen MR) is 91.9 cm³/mol. The molecular weight excluding hydrogens is 302 g/mol. The van der Waals surface area contributed by atoms with Crippen molar-refractivity contribution in [2.24, 2.45) is 11.8 Å². The summed E-state index contributed by atoms with van der Waals surface area (Å²) >= 11 is 0. The summed E-state index contributed by atoms with van der Waals surface area (Å²) in [6.45, 7) is 1.91. The third kappa shape index (κ3) is 4.22. The van der Waals surface area contributed by atoms with Crippen molar-refractivity contribution in [1.82, 2.24) is 15.2 Å². The van der Waals surface area contributed by atoms with E-state index in [1.807, 2.05) is 17.0 Å². The number of piperidine rings is 1. The zero-order valence-electron chi connectivity index (χ0n) is 14.0. The molecule has 1 fully saturated rings. The Kier molecular flexibility index (Phi) is 5.62. The number of hydrogen-bond acceptors (Lipinski definition) is 3. The van der Waals surface area contributed by atoms with E-state index in [0.717, 1.165) is 37.7 Å². The second-order valence-corrected chi connectivity index (χ2v) is 6.66. The summed E-state index contributed by atoms with van der Waals surface area (Å²) in [7, 11) is 0. The minimum absolute atomic E-state index is 0.0111. The fraction of sp³-hybridized carbons (Fsp3) is 0.526. The molecule has 128 valence electrons. The Labute approximate surface area is 143 Å². The second kappa shape index (κ2) is 8.08. The molecule has 2 aliphatic rings. The quantitative estimate of drug-likeness (QED) is 0.863. The fourth-order valence-corrected chi connectivity index (χ4v) is 3.47. The van der Waals surface area contributed by atoms with Crippen molar-refractivity contribution in [3.05, 3.63) is 42.2 Å². The summed E-state index contributed by atoms with van der Waals surface area (Å²) in [4.78, 5) is 30.8. The van der Waals surface area contributed by atoms with E-state index in [4.69, 9.17) is 0 Å². The number of carbonyl (C=O) groups is 2. The second-order valence-electron chi connectivity index (χ2n) is 6.66. The minimum atomic E-state index is 0.0111. The predicted octanol–water partition coefficient (Wildman–Crippen LogP) is 2.29. The average Bonchev–Trinajstić information content (AvgIpc) is 2.67. The Morgan fingerprint density at radius 1 is 1.17 bits per heavy atom. The van der Waals surface area contributed by atoms with Crippen LogP contribution in [0.25, 0.3) is 0 Å². The summed E-state index contributed by atoms with van der Waals surface area (Å²) in [6, 6.07) is 3.82. The van der Waals surface area contributed by atoms with Gasteiger partial charge in [-0.05, 0) is 43.7 Å². The Hall–Kier alpha value is -2.17. The number of nitrogens with one attached hydrogen (secondary N) is 1. The van der Waals surface area contributed by atoms with E-state index in [1.165, 1.54) is 0 Å². The number of nitrogens with zero attached hydrogens (tertiary/aromatic N) is 2. The SMILES string of the molecule is O=C(NCc1cccnc1)C1CCN(C(=O)C2CC=CCC2)CC1. The standard InChI is InChI=1S/C19H25N3O2/c23-18(21-14-15-5-4-10-20-13-15)16-8-11-22(12-9-16)19(24)17-6-2-1-3-7-17/h1-2,4-5,10,13,16-17H,3,6-9,11-12,14H2,(H,21,23). The molecule has 5 heteroatoms. The number of likely N-dealkylation sites (tertiary alicyclic amines) is 1. The van der Waals surface area contributed by atoms with Crippen LogP contribution in [0.4, 0.5) is 0 Å². The largest absolute Gasteiger partial charge is 0.352 e. The van der Waals surface area contributed by atoms with Gasteiger partial charge in [-0.15, -0.1) is 0 Å². The number of aromatic nitrogens is 1. The van der Waals surface area contributed by atoms with E-state index < -0.39 is 0 Å². The fourth-order valence-electron chi connectivity index (χ4n) is 3.47. The topological polar surface area (TPSA) is 62.3 Å². The van der Waals surface area contributed by atoms with Crippen molar-refractivity contribution >= 4 is 11.8 Å². The molecule has 0 radical (unpaired) electrons. The molecule has 0 aromatic carbocycles. The summed E-state index contributed by atoms with van der Waals surface area (Å²) in [5, 5.41) is 2.98. The van der Waals surface area contributed by atoms with Gasteiger partial charge in [0.05, 0.1) is 0 Å². The lowest BCUT2D eigenvalue weighted by Crippen LogP contribution is -2.45. The summed E-state index contributed by atoms with van der Waals surface area (Å²) < 4.78 is 0. The van der Waals surface area contributed by atoms with Crippen LogP contribution in [0.1, 0.15) is 37.7 Å². The van der Waals surface area contributed by atoms with Crippen molar-refractivity contribution in [3.8, 4) is 0 Å². The number of carbonyl (C=O) groups excluding carboxylic acids is 2. The Morgan fingerprint density at radius 3 is 2.67 bits per heavy atom. The van der Waals surface area contributed by atoms with Crippen LogP contribution in [0.15, 0.2) is 36.7 Å². The molecule has 1 aromatic rings. The van der Waals surface area contributed by atoms with Gasteiger partial charge in [0.1, 0.15) is 0 Å². The third-order valence-electron chi connectivity index (χ3n) is 4.99. The van der Waals surface area contributed by atoms with Gasteiger partial charge >= 0.3 is 0 Å². The molecule has 2 heterocycles. The maximum absolute atomic E-state index is 12.5. The van der Waals surface area contributed by atoms with E-state index in [0.29, 0.717) is 19.6 Å². The molecule has 1 unspecified atom stereocenters. The van der Waals surface area contributed by atoms with Gasteiger partial charge in [0.2, 0.25) is 11.8 Å². The normalized spacial score (nSPS) is 21.5. The lowest BCUT2D eigenvalue weighted by atomic mass is 9.90. The summed E-state index contributed by atoms with van der Waals surface area (Å²) in [6.07, 6.45) is 12.1. The minimum Gasteiger partial charge on any atom is -0.352 e. The monoisotopic (exact) mass is 327 g/mol. The van der Waals surface area contributed by atoms with Gasteiger partial charge in [-0.3, -0.25) is 14.6 Å². The molecule has 1 atom stereocenters. The zero-order chi connectivity index (χ0) is 16.8. The molecular formula is C19H25N3O2. The Morgan fingerprint density at radius 2 is 2.00 bits per heavy atom. The van der Waals surface area contributed by atoms with E-state index in [1.54, 1.807) is 12.4 Å². The summed E-state index contributed by atoms with van der Waals surface area (Å²) in [5.41, 5.74) is 1.00. The molecule has 24 heavy (non-hydrogen) atoms. The molecule has 5 nitrogen and oxygen atoms in total. The molecule has 1 aromatic heterocycles. The van der Waals surface area contributed by atoms with Gasteiger partial charge in [0, 0.05) is 43.9 Å². The molecule has 1 N–H and O–H groups in total. The highest BCUT2D eigenvalue weighted by Crippen LogP contribution is 2.24. The van der Waals surface area contributed by atoms with Gasteiger partial charge < -0.3 is 10.2 Å². The number of rotatable bonds is 4. The first kappa shape index (κ1) is 16.7. The van der Waals surface area contributed by atoms with Crippen LogP contribution in [0.5, 0.6) is 0 Å². The lowest BCUT2D eigenvalue weighted by Gasteiger charge is -2.34. The lowest BCUT2D eigenvalue weighted by molar-refractivity contribution is -0.139. The molecule has 2 amide bonds. The van der Waals surface area contributed by atoms with Crippen LogP contribution in [-0.2, 0) is 16.1 Å². The number of amides is 2. The van der Waals surface area contributed by atoms with Crippen LogP contribution >= 0.6 is 0 Å². The van der Waals surface area contributed by atoms with Crippen molar-refractivity contribution in [3.63, 3.8) is 0 Å². The van der Waals surface area contributed by atoms with Crippen molar-refractivity contribution in [2.75, 3.05) is 13.1 Å². The highest BCUT2D eigenvalue weighted by molar-refractivity contribution is 5.81. The molecule has 0 bridgehead atoms. The Balaban J connectivity index is 1.43. The van der Waals surface area contributed by atoms with Crippen LogP contribution in [0.2, 0.25) is 0 Å². The van der Waals surface area contributed by atoms with Crippen LogP contribution in [0.3, 0.4) is 0 Å². The van der Waals surface area contributed by atoms with Gasteiger partial charge in [-0.2, -0.15) is 0 Å². The van der Waals surface area contributed by atoms with Gasteiger partial charge in [-0.25, -0.2) is 0 Å². The number of allylic oxidation sites excluding steroid dienone is 2. The van der Waals surface area contributed by atoms with Crippen LogP contribution in [0, 0.1) is 11.8 Å². The van der Waals surface area contributed by atoms with E-state index in [-0.39, 0.29) is 23.7 Å². The van der Waals surface area contributed by atoms with Gasteiger partial charge in [-0.1, -0.05) is 18.2 Å².